The van der Waals surface area contributed by atoms with Crippen LogP contribution in [0.5, 0.6) is 0 Å². The summed E-state index contributed by atoms with van der Waals surface area (Å²) in [6, 6.07) is 7.62. The number of aryl methyl sites for hydroxylation is 1. The van der Waals surface area contributed by atoms with Gasteiger partial charge >= 0.3 is 5.97 Å². The summed E-state index contributed by atoms with van der Waals surface area (Å²) in [5.41, 5.74) is 8.75. The number of ether oxygens (including phenoxy) is 2. The first-order chi connectivity index (χ1) is 34.1. The average molecular weight is 1020 g/mol. The number of aromatic nitrogens is 3. The summed E-state index contributed by atoms with van der Waals surface area (Å²) in [5, 5.41) is 7.42. The van der Waals surface area contributed by atoms with Gasteiger partial charge in [-0.1, -0.05) is 33.6 Å². The number of thiazole rings is 1. The predicted octanol–water partition coefficient (Wildman–Crippen LogP) is 4.93. The number of methoxy groups -OCH3 is 1. The molecule has 7 heterocycles. The van der Waals surface area contributed by atoms with Gasteiger partial charge in [-0.3, -0.25) is 38.9 Å². The summed E-state index contributed by atoms with van der Waals surface area (Å²) in [7, 11) is 3.78. The molecule has 386 valence electrons. The van der Waals surface area contributed by atoms with Crippen molar-refractivity contribution < 1.29 is 33.4 Å². The minimum Gasteiger partial charge on any atom is -0.464 e. The first-order valence-electron chi connectivity index (χ1n) is 25.6. The number of benzene rings is 1. The second-order valence-corrected chi connectivity index (χ2v) is 24.9. The molecule has 6 bridgehead atoms. The lowest BCUT2D eigenvalue weighted by Crippen LogP contribution is -2.62. The Morgan fingerprint density at radius 3 is 2.57 bits per heavy atom. The molecule has 0 radical (unpaired) electrons. The molecule has 18 heteroatoms. The largest absolute Gasteiger partial charge is 0.464 e. The van der Waals surface area contributed by atoms with Crippen LogP contribution in [-0.2, 0) is 52.8 Å². The molecule has 8 rings (SSSR count). The van der Waals surface area contributed by atoms with Crippen molar-refractivity contribution in [2.45, 2.75) is 135 Å². The van der Waals surface area contributed by atoms with Gasteiger partial charge < -0.3 is 29.2 Å². The first-order valence-corrected chi connectivity index (χ1v) is 27.5. The Morgan fingerprint density at radius 1 is 1.11 bits per heavy atom. The zero-order valence-electron chi connectivity index (χ0n) is 44.0. The SMILES string of the molecule is CCn1c(-c2cccnc2[C@H](C)OC)c2c3cc(ccc31)-c1nc(cs1)C[C@H](NC(=O)[C@H](C(C)C)N(C)C(=O)[C@@]1([SiH3])CCN(C(=O)C#CC(C)(C)N3CCC3)C1)C(=O)N1CCC[C@H](N1)C(=O)OCC(C)(C)C2. The summed E-state index contributed by atoms with van der Waals surface area (Å²) >= 11 is 1.47. The minimum absolute atomic E-state index is 0.0632. The smallest absolute Gasteiger partial charge is 0.324 e. The van der Waals surface area contributed by atoms with Gasteiger partial charge in [0.2, 0.25) is 11.8 Å². The van der Waals surface area contributed by atoms with Gasteiger partial charge in [0.1, 0.15) is 23.1 Å². The molecule has 3 saturated heterocycles. The van der Waals surface area contributed by atoms with Gasteiger partial charge in [-0.25, -0.2) is 10.4 Å². The second-order valence-electron chi connectivity index (χ2n) is 22.1. The van der Waals surface area contributed by atoms with Crippen molar-refractivity contribution in [1.82, 2.24) is 45.0 Å². The second kappa shape index (κ2) is 21.2. The number of hydrogen-bond donors (Lipinski definition) is 2. The molecule has 72 heavy (non-hydrogen) atoms. The monoisotopic (exact) mass is 1020 g/mol. The summed E-state index contributed by atoms with van der Waals surface area (Å²) in [6.45, 7) is 19.8. The topological polar surface area (TPSA) is 172 Å². The molecule has 0 unspecified atom stereocenters. The van der Waals surface area contributed by atoms with E-state index in [0.717, 1.165) is 63.5 Å². The quantitative estimate of drug-likeness (QED) is 0.126. The van der Waals surface area contributed by atoms with E-state index in [1.165, 1.54) is 21.2 Å². The third-order valence-corrected chi connectivity index (χ3v) is 17.4. The van der Waals surface area contributed by atoms with E-state index in [1.807, 2.05) is 46.1 Å². The lowest BCUT2D eigenvalue weighted by Gasteiger charge is -2.41. The van der Waals surface area contributed by atoms with E-state index in [4.69, 9.17) is 19.4 Å². The van der Waals surface area contributed by atoms with Gasteiger partial charge in [-0.05, 0) is 108 Å². The maximum Gasteiger partial charge on any atom is 0.324 e. The molecular formula is C54H73N9O7SSi. The summed E-state index contributed by atoms with van der Waals surface area (Å²) < 4.78 is 14.3. The lowest BCUT2D eigenvalue weighted by molar-refractivity contribution is -0.155. The lowest BCUT2D eigenvalue weighted by atomic mass is 9.84. The summed E-state index contributed by atoms with van der Waals surface area (Å²) in [5.74, 6) is 3.84. The Kier molecular flexibility index (Phi) is 15.5. The molecule has 3 fully saturated rings. The number of hydrazine groups is 1. The Balaban J connectivity index is 1.10. The Morgan fingerprint density at radius 2 is 1.88 bits per heavy atom. The molecule has 16 nitrogen and oxygen atoms in total. The number of pyridine rings is 1. The molecule has 4 aliphatic heterocycles. The average Bonchev–Trinajstić information content (AvgIpc) is 4.06. The number of esters is 1. The Labute approximate surface area is 431 Å². The fourth-order valence-corrected chi connectivity index (χ4v) is 12.6. The van der Waals surface area contributed by atoms with Crippen LogP contribution in [0.25, 0.3) is 32.7 Å². The van der Waals surface area contributed by atoms with Crippen LogP contribution in [0.4, 0.5) is 0 Å². The van der Waals surface area contributed by atoms with Crippen molar-refractivity contribution >= 4 is 62.1 Å². The number of cyclic esters (lactones) is 1. The maximum absolute atomic E-state index is 14.8. The van der Waals surface area contributed by atoms with E-state index in [1.54, 1.807) is 25.3 Å². The Hall–Kier alpha value is -5.45. The third kappa shape index (κ3) is 10.8. The number of nitrogens with one attached hydrogen (secondary N) is 2. The van der Waals surface area contributed by atoms with Crippen LogP contribution in [0, 0.1) is 23.2 Å². The maximum atomic E-state index is 14.8. The van der Waals surface area contributed by atoms with Crippen molar-refractivity contribution in [1.29, 1.82) is 0 Å². The summed E-state index contributed by atoms with van der Waals surface area (Å²) in [4.78, 5) is 86.8. The van der Waals surface area contributed by atoms with E-state index < -0.39 is 51.9 Å². The van der Waals surface area contributed by atoms with Crippen LogP contribution in [0.15, 0.2) is 41.9 Å². The number of rotatable bonds is 10. The number of likely N-dealkylation sites (tertiary alicyclic amines) is 2. The van der Waals surface area contributed by atoms with Gasteiger partial charge in [0.15, 0.2) is 0 Å². The third-order valence-electron chi connectivity index (χ3n) is 15.2. The van der Waals surface area contributed by atoms with Crippen LogP contribution >= 0.6 is 11.3 Å². The predicted molar refractivity (Wildman–Crippen MR) is 283 cm³/mol. The van der Waals surface area contributed by atoms with Crippen LogP contribution in [0.2, 0.25) is 5.04 Å². The van der Waals surface area contributed by atoms with E-state index in [9.17, 15) is 24.0 Å². The Bertz CT molecular complexity index is 2790. The van der Waals surface area contributed by atoms with Gasteiger partial charge in [-0.15, -0.1) is 11.3 Å². The zero-order chi connectivity index (χ0) is 51.9. The molecule has 4 amide bonds. The molecule has 0 saturated carbocycles. The van der Waals surface area contributed by atoms with Crippen molar-refractivity contribution in [3.63, 3.8) is 0 Å². The highest BCUT2D eigenvalue weighted by atomic mass is 32.1. The molecule has 3 aromatic heterocycles. The molecule has 5 atom stereocenters. The van der Waals surface area contributed by atoms with Crippen LogP contribution in [0.3, 0.4) is 0 Å². The van der Waals surface area contributed by atoms with E-state index in [-0.39, 0.29) is 43.4 Å². The van der Waals surface area contributed by atoms with Gasteiger partial charge in [0, 0.05) is 109 Å². The molecule has 0 aliphatic carbocycles. The number of carbonyl (C=O) groups is 5. The fourth-order valence-electron chi connectivity index (χ4n) is 10.9. The van der Waals surface area contributed by atoms with E-state index in [0.29, 0.717) is 61.3 Å². The van der Waals surface area contributed by atoms with E-state index in [2.05, 4.69) is 77.1 Å². The number of carbonyl (C=O) groups excluding carboxylic acids is 5. The van der Waals surface area contributed by atoms with Crippen LogP contribution in [-0.4, -0.2) is 151 Å². The zero-order valence-corrected chi connectivity index (χ0v) is 46.8. The molecular weight excluding hydrogens is 947 g/mol. The first kappa shape index (κ1) is 52.9. The fraction of sp³-hybridized carbons (Fsp3) is 0.574. The molecule has 0 spiro atoms. The number of amides is 4. The summed E-state index contributed by atoms with van der Waals surface area (Å²) in [6.07, 6.45) is 4.77. The minimum atomic E-state index is -1.10. The number of likely N-dealkylation sites (N-methyl/N-ethyl adjacent to an activating group) is 1. The van der Waals surface area contributed by atoms with Gasteiger partial charge in [-0.2, -0.15) is 0 Å². The molecule has 4 aromatic rings. The molecule has 1 aromatic carbocycles. The number of hydrogen-bond acceptors (Lipinski definition) is 12. The van der Waals surface area contributed by atoms with Gasteiger partial charge in [0.05, 0.1) is 40.4 Å². The van der Waals surface area contributed by atoms with Crippen LogP contribution in [0.1, 0.15) is 104 Å². The van der Waals surface area contributed by atoms with E-state index >= 15 is 0 Å². The molecule has 2 N–H and O–H groups in total. The van der Waals surface area contributed by atoms with Gasteiger partial charge in [0.25, 0.3) is 11.8 Å². The van der Waals surface area contributed by atoms with Crippen molar-refractivity contribution in [3.8, 4) is 33.7 Å². The van der Waals surface area contributed by atoms with Crippen LogP contribution < -0.4 is 10.7 Å². The van der Waals surface area contributed by atoms with Crippen molar-refractivity contribution in [2.24, 2.45) is 11.3 Å². The van der Waals surface area contributed by atoms with Crippen molar-refractivity contribution in [2.75, 3.05) is 53.5 Å². The number of fused-ring (bicyclic) bond motifs is 6. The highest BCUT2D eigenvalue weighted by molar-refractivity contribution is 7.13. The van der Waals surface area contributed by atoms with Crippen molar-refractivity contribution in [3.05, 3.63) is 58.9 Å². The molecule has 4 aliphatic rings. The highest BCUT2D eigenvalue weighted by Gasteiger charge is 2.46. The highest BCUT2D eigenvalue weighted by Crippen LogP contribution is 2.43. The normalized spacial score (nSPS) is 22.7. The standard InChI is InChI=1S/C54H73N9O7SSi/c1-11-62-42-18-17-35-27-38(42)39(46(62)37-15-12-22-55-44(37)34(4)69-10)29-52(5,6)32-70-50(67)40-16-13-25-63(58-40)49(66)41(28-36-30-71-48(35)56-36)57-47(65)45(33(2)3)59(9)51(68)54(72)21-26-60(31-54)43(64)19-20-53(7,8)61-23-14-24-61/h12,15,17-18,22,27,30,33-34,40-41,45,58H,11,13-14,16,21,23-26,28-29,31-32H2,1-10,72H3,(H,57,65)/t34-,40-,41-,45-,54+/m0/s1. The number of nitrogens with zero attached hydrogens (tertiary/aromatic N) is 7.